The van der Waals surface area contributed by atoms with E-state index in [1.54, 1.807) is 0 Å². The van der Waals surface area contributed by atoms with Crippen LogP contribution in [0.4, 0.5) is 0 Å². The number of fused-ring (bicyclic) bond motifs is 1. The fourth-order valence-corrected chi connectivity index (χ4v) is 1.74. The van der Waals surface area contributed by atoms with Gasteiger partial charge in [-0.2, -0.15) is 0 Å². The number of rotatable bonds is 2. The summed E-state index contributed by atoms with van der Waals surface area (Å²) in [6.07, 6.45) is 2.11. The first kappa shape index (κ1) is 9.28. The zero-order chi connectivity index (χ0) is 10.8. The van der Waals surface area contributed by atoms with Gasteiger partial charge in [0, 0.05) is 6.42 Å². The highest BCUT2D eigenvalue weighted by atomic mass is 16.7. The molecule has 0 saturated heterocycles. The van der Waals surface area contributed by atoms with E-state index in [9.17, 15) is 0 Å². The Labute approximate surface area is 94.4 Å². The van der Waals surface area contributed by atoms with Crippen molar-refractivity contribution in [2.24, 2.45) is 0 Å². The van der Waals surface area contributed by atoms with Gasteiger partial charge in [-0.25, -0.2) is 0 Å². The monoisotopic (exact) mass is 211 g/mol. The van der Waals surface area contributed by atoms with Crippen LogP contribution in [0.1, 0.15) is 11.1 Å². The average molecular weight is 211 g/mol. The number of ether oxygens (including phenoxy) is 2. The van der Waals surface area contributed by atoms with Gasteiger partial charge in [-0.15, -0.1) is 0 Å². The number of hydrogen-bond donors (Lipinski definition) is 0. The van der Waals surface area contributed by atoms with Crippen molar-refractivity contribution in [1.29, 1.82) is 0 Å². The summed E-state index contributed by atoms with van der Waals surface area (Å²) in [4.78, 5) is 0. The second-order valence-corrected chi connectivity index (χ2v) is 3.67. The second-order valence-electron chi connectivity index (χ2n) is 3.67. The molecule has 1 aliphatic heterocycles. The Hall–Kier alpha value is -1.96. The van der Waals surface area contributed by atoms with Crippen molar-refractivity contribution in [3.63, 3.8) is 0 Å². The van der Waals surface area contributed by atoms with Crippen molar-refractivity contribution < 1.29 is 9.47 Å². The maximum atomic E-state index is 5.33. The van der Waals surface area contributed by atoms with Crippen molar-refractivity contribution >= 4 is 0 Å². The molecular weight excluding hydrogens is 200 g/mol. The van der Waals surface area contributed by atoms with Gasteiger partial charge in [0.25, 0.3) is 0 Å². The van der Waals surface area contributed by atoms with E-state index in [4.69, 9.17) is 9.47 Å². The van der Waals surface area contributed by atoms with Gasteiger partial charge in [-0.1, -0.05) is 36.4 Å². The molecular formula is C14H11O2. The van der Waals surface area contributed by atoms with Crippen molar-refractivity contribution in [2.75, 3.05) is 6.79 Å². The molecule has 0 bridgehead atoms. The van der Waals surface area contributed by atoms with Crippen LogP contribution in [0, 0.1) is 6.42 Å². The van der Waals surface area contributed by atoms with Crippen LogP contribution in [0.25, 0.3) is 0 Å². The van der Waals surface area contributed by atoms with Crippen LogP contribution in [0.3, 0.4) is 0 Å². The first-order chi connectivity index (χ1) is 7.92. The molecule has 1 aliphatic rings. The lowest BCUT2D eigenvalue weighted by Crippen LogP contribution is -1.92. The zero-order valence-electron chi connectivity index (χ0n) is 8.72. The standard InChI is InChI=1S/C14H11O2/c1-2-4-11(5-3-1)8-12-6-7-13-14(9-12)16-10-15-13/h1-9H,10H2. The van der Waals surface area contributed by atoms with E-state index >= 15 is 0 Å². The van der Waals surface area contributed by atoms with Gasteiger partial charge in [0.2, 0.25) is 6.79 Å². The molecule has 2 heteroatoms. The molecule has 0 aromatic heterocycles. The summed E-state index contributed by atoms with van der Waals surface area (Å²) in [6.45, 7) is 0.324. The van der Waals surface area contributed by atoms with Gasteiger partial charge in [-0.3, -0.25) is 0 Å². The van der Waals surface area contributed by atoms with Gasteiger partial charge >= 0.3 is 0 Å². The molecule has 0 aliphatic carbocycles. The molecule has 0 spiro atoms. The fourth-order valence-electron chi connectivity index (χ4n) is 1.74. The molecule has 79 valence electrons. The third-order valence-electron chi connectivity index (χ3n) is 2.53. The summed E-state index contributed by atoms with van der Waals surface area (Å²) in [5, 5.41) is 0. The minimum absolute atomic E-state index is 0.324. The summed E-state index contributed by atoms with van der Waals surface area (Å²) in [7, 11) is 0. The third-order valence-corrected chi connectivity index (χ3v) is 2.53. The lowest BCUT2D eigenvalue weighted by atomic mass is 10.0. The highest BCUT2D eigenvalue weighted by Crippen LogP contribution is 2.33. The van der Waals surface area contributed by atoms with Crippen LogP contribution in [-0.4, -0.2) is 6.79 Å². The first-order valence-electron chi connectivity index (χ1n) is 5.21. The highest BCUT2D eigenvalue weighted by molar-refractivity contribution is 5.48. The van der Waals surface area contributed by atoms with Gasteiger partial charge in [0.15, 0.2) is 11.5 Å². The van der Waals surface area contributed by atoms with Gasteiger partial charge in [-0.05, 0) is 23.3 Å². The van der Waals surface area contributed by atoms with E-state index in [0.29, 0.717) is 6.79 Å². The van der Waals surface area contributed by atoms with Gasteiger partial charge in [0.05, 0.1) is 0 Å². The maximum Gasteiger partial charge on any atom is 0.231 e. The van der Waals surface area contributed by atoms with E-state index in [1.165, 1.54) is 5.56 Å². The third kappa shape index (κ3) is 1.74. The molecule has 3 rings (SSSR count). The van der Waals surface area contributed by atoms with Gasteiger partial charge < -0.3 is 9.47 Å². The Morgan fingerprint density at radius 1 is 0.812 bits per heavy atom. The van der Waals surface area contributed by atoms with Crippen LogP contribution in [0.15, 0.2) is 48.5 Å². The highest BCUT2D eigenvalue weighted by Gasteiger charge is 2.13. The lowest BCUT2D eigenvalue weighted by Gasteiger charge is -2.02. The van der Waals surface area contributed by atoms with E-state index < -0.39 is 0 Å². The Kier molecular flexibility index (Phi) is 2.26. The molecule has 1 radical (unpaired) electrons. The van der Waals surface area contributed by atoms with Crippen molar-refractivity contribution in [3.8, 4) is 11.5 Å². The molecule has 0 N–H and O–H groups in total. The Morgan fingerprint density at radius 3 is 2.50 bits per heavy atom. The second kappa shape index (κ2) is 3.89. The normalized spacial score (nSPS) is 12.8. The minimum atomic E-state index is 0.324. The molecule has 1 heterocycles. The number of benzene rings is 2. The molecule has 2 nitrogen and oxygen atoms in total. The average Bonchev–Trinajstić information content (AvgIpc) is 2.77. The Morgan fingerprint density at radius 2 is 1.62 bits per heavy atom. The van der Waals surface area contributed by atoms with E-state index in [2.05, 4.69) is 18.6 Å². The zero-order valence-corrected chi connectivity index (χ0v) is 8.72. The number of hydrogen-bond acceptors (Lipinski definition) is 2. The molecule has 0 atom stereocenters. The van der Waals surface area contributed by atoms with Crippen LogP contribution < -0.4 is 9.47 Å². The Balaban J connectivity index is 1.86. The molecule has 0 fully saturated rings. The smallest absolute Gasteiger partial charge is 0.231 e. The molecule has 0 unspecified atom stereocenters. The predicted molar refractivity (Wildman–Crippen MR) is 61.5 cm³/mol. The Bertz CT molecular complexity index is 491. The predicted octanol–water partition coefficient (Wildman–Crippen LogP) is 3.02. The van der Waals surface area contributed by atoms with E-state index in [1.807, 2.05) is 36.4 Å². The van der Waals surface area contributed by atoms with Crippen LogP contribution in [0.5, 0.6) is 11.5 Å². The van der Waals surface area contributed by atoms with E-state index in [-0.39, 0.29) is 0 Å². The fraction of sp³-hybridized carbons (Fsp3) is 0.0714. The summed E-state index contributed by atoms with van der Waals surface area (Å²) >= 11 is 0. The SMILES string of the molecule is [CH](c1ccccc1)c1ccc2c(c1)OCO2. The largest absolute Gasteiger partial charge is 0.454 e. The van der Waals surface area contributed by atoms with E-state index in [0.717, 1.165) is 17.1 Å². The van der Waals surface area contributed by atoms with Gasteiger partial charge in [0.1, 0.15) is 0 Å². The summed E-state index contributed by atoms with van der Waals surface area (Å²) in [5.41, 5.74) is 2.30. The van der Waals surface area contributed by atoms with Crippen LogP contribution in [0.2, 0.25) is 0 Å². The molecule has 0 saturated carbocycles. The minimum Gasteiger partial charge on any atom is -0.454 e. The van der Waals surface area contributed by atoms with Crippen molar-refractivity contribution in [3.05, 3.63) is 66.1 Å². The molecule has 16 heavy (non-hydrogen) atoms. The summed E-state index contributed by atoms with van der Waals surface area (Å²) < 4.78 is 10.6. The van der Waals surface area contributed by atoms with Crippen LogP contribution in [-0.2, 0) is 0 Å². The summed E-state index contributed by atoms with van der Waals surface area (Å²) in [6, 6.07) is 16.2. The first-order valence-corrected chi connectivity index (χ1v) is 5.21. The van der Waals surface area contributed by atoms with Crippen molar-refractivity contribution in [1.82, 2.24) is 0 Å². The molecule has 0 amide bonds. The molecule has 2 aromatic rings. The molecule has 2 aromatic carbocycles. The lowest BCUT2D eigenvalue weighted by molar-refractivity contribution is 0.174. The summed E-state index contributed by atoms with van der Waals surface area (Å²) in [5.74, 6) is 1.65. The quantitative estimate of drug-likeness (QED) is 0.760. The maximum absolute atomic E-state index is 5.33. The topological polar surface area (TPSA) is 18.5 Å². The van der Waals surface area contributed by atoms with Crippen molar-refractivity contribution in [2.45, 2.75) is 0 Å². The van der Waals surface area contributed by atoms with Crippen LogP contribution >= 0.6 is 0 Å².